The highest BCUT2D eigenvalue weighted by Gasteiger charge is 2.42. The third-order valence-corrected chi connectivity index (χ3v) is 11.3. The molecule has 2 heteroatoms. The van der Waals surface area contributed by atoms with Gasteiger partial charge in [-0.25, -0.2) is 0 Å². The lowest BCUT2D eigenvalue weighted by Crippen LogP contribution is -2.45. The van der Waals surface area contributed by atoms with Gasteiger partial charge in [0.05, 0.1) is 0 Å². The van der Waals surface area contributed by atoms with Gasteiger partial charge in [-0.1, -0.05) is 112 Å². The molecule has 0 spiro atoms. The summed E-state index contributed by atoms with van der Waals surface area (Å²) in [5.41, 5.74) is 0. The van der Waals surface area contributed by atoms with E-state index in [1.54, 1.807) is 0 Å². The standard InChI is InChI=1S/C23H50OSi/c1-8-9-10-11-12-13-14-15-16-17-18-19-20-21-24-25(6,7)23(4,5)22(2)3/h22H,8-21H2,1-7H3. The Bertz CT molecular complexity index is 296. The average molecular weight is 371 g/mol. The van der Waals surface area contributed by atoms with Crippen LogP contribution in [0.4, 0.5) is 0 Å². The number of unbranched alkanes of at least 4 members (excludes halogenated alkanes) is 12. The molecule has 0 aliphatic rings. The van der Waals surface area contributed by atoms with Gasteiger partial charge in [-0.2, -0.15) is 0 Å². The Morgan fingerprint density at radius 3 is 1.40 bits per heavy atom. The Kier molecular flexibility index (Phi) is 14.4. The van der Waals surface area contributed by atoms with Crippen LogP contribution >= 0.6 is 0 Å². The molecule has 0 saturated carbocycles. The molecule has 0 saturated heterocycles. The Morgan fingerprint density at radius 2 is 1.04 bits per heavy atom. The van der Waals surface area contributed by atoms with Crippen LogP contribution in [0.1, 0.15) is 118 Å². The first kappa shape index (κ1) is 25.2. The van der Waals surface area contributed by atoms with Gasteiger partial charge in [-0.15, -0.1) is 0 Å². The summed E-state index contributed by atoms with van der Waals surface area (Å²) in [6.07, 6.45) is 18.4. The molecule has 0 amide bonds. The van der Waals surface area contributed by atoms with Gasteiger partial charge in [0, 0.05) is 6.61 Å². The van der Waals surface area contributed by atoms with Crippen molar-refractivity contribution in [2.24, 2.45) is 5.92 Å². The van der Waals surface area contributed by atoms with E-state index >= 15 is 0 Å². The monoisotopic (exact) mass is 370 g/mol. The van der Waals surface area contributed by atoms with Gasteiger partial charge in [0.2, 0.25) is 0 Å². The minimum absolute atomic E-state index is 0.351. The number of hydrogen-bond donors (Lipinski definition) is 0. The summed E-state index contributed by atoms with van der Waals surface area (Å²) in [7, 11) is -1.60. The van der Waals surface area contributed by atoms with Crippen molar-refractivity contribution in [1.29, 1.82) is 0 Å². The van der Waals surface area contributed by atoms with E-state index in [-0.39, 0.29) is 0 Å². The number of hydrogen-bond acceptors (Lipinski definition) is 1. The molecule has 0 rings (SSSR count). The second kappa shape index (κ2) is 14.3. The van der Waals surface area contributed by atoms with Crippen LogP contribution in [0.3, 0.4) is 0 Å². The van der Waals surface area contributed by atoms with Crippen molar-refractivity contribution in [2.75, 3.05) is 6.61 Å². The lowest BCUT2D eigenvalue weighted by molar-refractivity contribution is 0.258. The maximum absolute atomic E-state index is 6.39. The van der Waals surface area contributed by atoms with Crippen LogP contribution in [-0.2, 0) is 4.43 Å². The molecule has 0 unspecified atom stereocenters. The van der Waals surface area contributed by atoms with E-state index in [1.807, 2.05) is 0 Å². The van der Waals surface area contributed by atoms with Crippen molar-refractivity contribution < 1.29 is 4.43 Å². The average Bonchev–Trinajstić information content (AvgIpc) is 2.54. The van der Waals surface area contributed by atoms with E-state index in [2.05, 4.69) is 47.7 Å². The van der Waals surface area contributed by atoms with Crippen molar-refractivity contribution in [3.63, 3.8) is 0 Å². The summed E-state index contributed by atoms with van der Waals surface area (Å²) in [6.45, 7) is 17.5. The topological polar surface area (TPSA) is 9.23 Å². The molecule has 0 aromatic carbocycles. The summed E-state index contributed by atoms with van der Waals surface area (Å²) in [4.78, 5) is 0. The van der Waals surface area contributed by atoms with E-state index in [4.69, 9.17) is 4.43 Å². The zero-order valence-electron chi connectivity index (χ0n) is 18.9. The smallest absolute Gasteiger partial charge is 0.192 e. The molecule has 0 N–H and O–H groups in total. The van der Waals surface area contributed by atoms with Crippen LogP contribution in [0.5, 0.6) is 0 Å². The van der Waals surface area contributed by atoms with E-state index < -0.39 is 8.32 Å². The lowest BCUT2D eigenvalue weighted by Gasteiger charge is -2.42. The first-order valence-electron chi connectivity index (χ1n) is 11.4. The molecule has 0 aromatic rings. The first-order chi connectivity index (χ1) is 11.8. The van der Waals surface area contributed by atoms with Crippen LogP contribution in [0, 0.1) is 5.92 Å². The predicted octanol–water partition coefficient (Wildman–Crippen LogP) is 8.74. The minimum Gasteiger partial charge on any atom is -0.417 e. The molecule has 0 fully saturated rings. The van der Waals surface area contributed by atoms with E-state index in [1.165, 1.54) is 83.5 Å². The number of rotatable bonds is 17. The van der Waals surface area contributed by atoms with Gasteiger partial charge >= 0.3 is 0 Å². The molecule has 1 nitrogen and oxygen atoms in total. The van der Waals surface area contributed by atoms with E-state index in [0.717, 1.165) is 6.61 Å². The quantitative estimate of drug-likeness (QED) is 0.184. The second-order valence-electron chi connectivity index (χ2n) is 9.48. The van der Waals surface area contributed by atoms with Crippen molar-refractivity contribution in [3.05, 3.63) is 0 Å². The van der Waals surface area contributed by atoms with Gasteiger partial charge in [0.15, 0.2) is 8.32 Å². The molecule has 152 valence electrons. The van der Waals surface area contributed by atoms with Gasteiger partial charge < -0.3 is 4.43 Å². The Morgan fingerprint density at radius 1 is 0.680 bits per heavy atom. The third-order valence-electron chi connectivity index (χ3n) is 6.71. The maximum atomic E-state index is 6.39. The molecule has 0 atom stereocenters. The highest BCUT2D eigenvalue weighted by molar-refractivity contribution is 6.74. The van der Waals surface area contributed by atoms with Gasteiger partial charge in [-0.3, -0.25) is 0 Å². The normalized spacial score (nSPS) is 13.0. The zero-order valence-corrected chi connectivity index (χ0v) is 19.9. The SMILES string of the molecule is CCCCCCCCCCCCCCCO[Si](C)(C)C(C)(C)C(C)C. The molecular formula is C23H50OSi. The predicted molar refractivity (Wildman–Crippen MR) is 118 cm³/mol. The van der Waals surface area contributed by atoms with Crippen molar-refractivity contribution in [1.82, 2.24) is 0 Å². The summed E-state index contributed by atoms with van der Waals surface area (Å²) in [5.74, 6) is 0.695. The Balaban J connectivity index is 3.45. The first-order valence-corrected chi connectivity index (χ1v) is 14.3. The van der Waals surface area contributed by atoms with Crippen LogP contribution in [0.25, 0.3) is 0 Å². The van der Waals surface area contributed by atoms with Crippen molar-refractivity contribution >= 4 is 8.32 Å². The largest absolute Gasteiger partial charge is 0.417 e. The van der Waals surface area contributed by atoms with Crippen molar-refractivity contribution in [3.8, 4) is 0 Å². The van der Waals surface area contributed by atoms with Gasteiger partial charge in [0.1, 0.15) is 0 Å². The fourth-order valence-electron chi connectivity index (χ4n) is 3.33. The third kappa shape index (κ3) is 11.5. The maximum Gasteiger partial charge on any atom is 0.192 e. The minimum atomic E-state index is -1.60. The molecule has 0 radical (unpaired) electrons. The fourth-order valence-corrected chi connectivity index (χ4v) is 5.75. The fraction of sp³-hybridized carbons (Fsp3) is 1.00. The van der Waals surface area contributed by atoms with Crippen LogP contribution in [-0.4, -0.2) is 14.9 Å². The molecule has 0 bridgehead atoms. The van der Waals surface area contributed by atoms with Crippen LogP contribution < -0.4 is 0 Å². The summed E-state index contributed by atoms with van der Waals surface area (Å²) < 4.78 is 6.39. The highest BCUT2D eigenvalue weighted by Crippen LogP contribution is 2.44. The Labute approximate surface area is 161 Å². The van der Waals surface area contributed by atoms with Gasteiger partial charge in [0.25, 0.3) is 0 Å². The van der Waals surface area contributed by atoms with E-state index in [0.29, 0.717) is 11.0 Å². The second-order valence-corrected chi connectivity index (χ2v) is 14.1. The molecule has 0 aliphatic carbocycles. The zero-order chi connectivity index (χ0) is 19.2. The van der Waals surface area contributed by atoms with E-state index in [9.17, 15) is 0 Å². The molecule has 0 aliphatic heterocycles. The van der Waals surface area contributed by atoms with Crippen LogP contribution in [0.2, 0.25) is 18.1 Å². The molecule has 0 aromatic heterocycles. The van der Waals surface area contributed by atoms with Crippen LogP contribution in [0.15, 0.2) is 0 Å². The summed E-state index contributed by atoms with van der Waals surface area (Å²) in [5, 5.41) is 0.351. The summed E-state index contributed by atoms with van der Waals surface area (Å²) in [6, 6.07) is 0. The molecule has 25 heavy (non-hydrogen) atoms. The van der Waals surface area contributed by atoms with Crippen molar-refractivity contribution in [2.45, 2.75) is 136 Å². The summed E-state index contributed by atoms with van der Waals surface area (Å²) >= 11 is 0. The lowest BCUT2D eigenvalue weighted by atomic mass is 9.99. The Hall–Kier alpha value is 0.177. The van der Waals surface area contributed by atoms with Gasteiger partial charge in [-0.05, 0) is 30.5 Å². The molecule has 0 heterocycles. The highest BCUT2D eigenvalue weighted by atomic mass is 28.4. The molecular weight excluding hydrogens is 320 g/mol.